The van der Waals surface area contributed by atoms with Crippen molar-refractivity contribution >= 4 is 11.8 Å². The second-order valence-corrected chi connectivity index (χ2v) is 7.27. The van der Waals surface area contributed by atoms with Gasteiger partial charge in [0.15, 0.2) is 0 Å². The topological polar surface area (TPSA) is 61.4 Å². The number of likely N-dealkylation sites (tertiary alicyclic amines) is 1. The standard InChI is InChI=1S/C16H25N3O2/c20-15(13-9-12-3-4-14(13)17-12)18-11-5-7-19(8-6-11)16(21)10-1-2-10/h10-14,17H,1-9H2,(H,18,20). The number of nitrogens with one attached hydrogen (secondary N) is 2. The summed E-state index contributed by atoms with van der Waals surface area (Å²) in [5.74, 6) is 1.07. The summed E-state index contributed by atoms with van der Waals surface area (Å²) in [5.41, 5.74) is 0. The van der Waals surface area contributed by atoms with Gasteiger partial charge in [-0.3, -0.25) is 9.59 Å². The Labute approximate surface area is 125 Å². The lowest BCUT2D eigenvalue weighted by Gasteiger charge is -2.33. The minimum Gasteiger partial charge on any atom is -0.353 e. The molecule has 21 heavy (non-hydrogen) atoms. The van der Waals surface area contributed by atoms with Gasteiger partial charge in [0.2, 0.25) is 11.8 Å². The van der Waals surface area contributed by atoms with E-state index < -0.39 is 0 Å². The van der Waals surface area contributed by atoms with Crippen molar-refractivity contribution in [3.8, 4) is 0 Å². The first-order valence-corrected chi connectivity index (χ1v) is 8.56. The minimum atomic E-state index is 0.176. The summed E-state index contributed by atoms with van der Waals surface area (Å²) in [6.07, 6.45) is 7.37. The van der Waals surface area contributed by atoms with Crippen LogP contribution in [0.2, 0.25) is 0 Å². The fraction of sp³-hybridized carbons (Fsp3) is 0.875. The summed E-state index contributed by atoms with van der Waals surface area (Å²) < 4.78 is 0. The molecule has 3 heterocycles. The first-order valence-electron chi connectivity index (χ1n) is 8.56. The molecule has 0 spiro atoms. The molecule has 5 heteroatoms. The zero-order chi connectivity index (χ0) is 14.4. The number of carbonyl (C=O) groups excluding carboxylic acids is 2. The number of carbonyl (C=O) groups is 2. The van der Waals surface area contributed by atoms with E-state index in [0.29, 0.717) is 23.9 Å². The predicted molar refractivity (Wildman–Crippen MR) is 78.5 cm³/mol. The second kappa shape index (κ2) is 5.27. The van der Waals surface area contributed by atoms with Gasteiger partial charge in [-0.25, -0.2) is 0 Å². The van der Waals surface area contributed by atoms with Crippen LogP contribution in [-0.2, 0) is 9.59 Å². The highest BCUT2D eigenvalue weighted by atomic mass is 16.2. The Hall–Kier alpha value is -1.10. The summed E-state index contributed by atoms with van der Waals surface area (Å²) in [6, 6.07) is 1.25. The monoisotopic (exact) mass is 291 g/mol. The lowest BCUT2D eigenvalue weighted by molar-refractivity contribution is -0.133. The molecule has 3 unspecified atom stereocenters. The molecule has 5 nitrogen and oxygen atoms in total. The highest BCUT2D eigenvalue weighted by Gasteiger charge is 2.43. The van der Waals surface area contributed by atoms with Crippen molar-refractivity contribution in [2.24, 2.45) is 11.8 Å². The van der Waals surface area contributed by atoms with Gasteiger partial charge in [0.05, 0.1) is 5.92 Å². The number of hydrogen-bond donors (Lipinski definition) is 2. The molecular formula is C16H25N3O2. The molecule has 1 aliphatic carbocycles. The smallest absolute Gasteiger partial charge is 0.225 e. The van der Waals surface area contributed by atoms with Crippen LogP contribution in [0.5, 0.6) is 0 Å². The average Bonchev–Trinajstić information content (AvgIpc) is 3.14. The molecule has 4 aliphatic rings. The summed E-state index contributed by atoms with van der Waals surface area (Å²) in [5, 5.41) is 6.76. The van der Waals surface area contributed by atoms with E-state index in [1.165, 1.54) is 6.42 Å². The zero-order valence-electron chi connectivity index (χ0n) is 12.5. The van der Waals surface area contributed by atoms with Gasteiger partial charge in [-0.2, -0.15) is 0 Å². The van der Waals surface area contributed by atoms with Crippen LogP contribution in [-0.4, -0.2) is 47.9 Å². The third kappa shape index (κ3) is 2.68. The molecule has 0 aromatic heterocycles. The Morgan fingerprint density at radius 2 is 1.76 bits per heavy atom. The van der Waals surface area contributed by atoms with E-state index in [4.69, 9.17) is 0 Å². The van der Waals surface area contributed by atoms with Gasteiger partial charge in [-0.1, -0.05) is 0 Å². The highest BCUT2D eigenvalue weighted by Crippen LogP contribution is 2.34. The molecule has 2 bridgehead atoms. The van der Waals surface area contributed by atoms with Gasteiger partial charge in [0.1, 0.15) is 0 Å². The van der Waals surface area contributed by atoms with Crippen molar-refractivity contribution in [2.45, 2.75) is 63.1 Å². The summed E-state index contributed by atoms with van der Waals surface area (Å²) in [7, 11) is 0. The van der Waals surface area contributed by atoms with Crippen molar-refractivity contribution in [1.29, 1.82) is 0 Å². The van der Waals surface area contributed by atoms with Gasteiger partial charge in [0, 0.05) is 37.1 Å². The number of hydrogen-bond acceptors (Lipinski definition) is 3. The Morgan fingerprint density at radius 3 is 2.33 bits per heavy atom. The Balaban J connectivity index is 1.25. The maximum absolute atomic E-state index is 12.4. The third-order valence-electron chi connectivity index (χ3n) is 5.72. The van der Waals surface area contributed by atoms with Crippen molar-refractivity contribution in [2.75, 3.05) is 13.1 Å². The van der Waals surface area contributed by atoms with Crippen molar-refractivity contribution < 1.29 is 9.59 Å². The number of rotatable bonds is 3. The fourth-order valence-corrected chi connectivity index (χ4v) is 4.25. The first-order chi connectivity index (χ1) is 10.2. The quantitative estimate of drug-likeness (QED) is 0.802. The van der Waals surface area contributed by atoms with E-state index in [1.54, 1.807) is 0 Å². The van der Waals surface area contributed by atoms with Gasteiger partial charge < -0.3 is 15.5 Å². The molecule has 4 fully saturated rings. The van der Waals surface area contributed by atoms with Crippen molar-refractivity contribution in [1.82, 2.24) is 15.5 Å². The minimum absolute atomic E-state index is 0.176. The molecule has 0 aromatic rings. The highest BCUT2D eigenvalue weighted by molar-refractivity contribution is 5.81. The third-order valence-corrected chi connectivity index (χ3v) is 5.72. The average molecular weight is 291 g/mol. The molecule has 0 aromatic carbocycles. The molecule has 2 amide bonds. The Kier molecular flexibility index (Phi) is 3.40. The largest absolute Gasteiger partial charge is 0.353 e. The van der Waals surface area contributed by atoms with Crippen molar-refractivity contribution in [3.63, 3.8) is 0 Å². The number of nitrogens with zero attached hydrogens (tertiary/aromatic N) is 1. The zero-order valence-corrected chi connectivity index (χ0v) is 12.5. The van der Waals surface area contributed by atoms with Crippen LogP contribution < -0.4 is 10.6 Å². The number of amides is 2. The number of fused-ring (bicyclic) bond motifs is 2. The SMILES string of the molecule is O=C(NC1CCN(C(=O)C2CC2)CC1)C1CC2CCC1N2. The number of piperidine rings is 1. The van der Waals surface area contributed by atoms with Gasteiger partial charge >= 0.3 is 0 Å². The van der Waals surface area contributed by atoms with Crippen LogP contribution in [0.15, 0.2) is 0 Å². The van der Waals surface area contributed by atoms with E-state index in [0.717, 1.165) is 51.6 Å². The van der Waals surface area contributed by atoms with E-state index in [-0.39, 0.29) is 17.9 Å². The molecule has 4 rings (SSSR count). The Morgan fingerprint density at radius 1 is 1.00 bits per heavy atom. The lowest BCUT2D eigenvalue weighted by Crippen LogP contribution is -2.49. The van der Waals surface area contributed by atoms with Gasteiger partial charge in [-0.05, 0) is 44.9 Å². The summed E-state index contributed by atoms with van der Waals surface area (Å²) in [6.45, 7) is 1.63. The van der Waals surface area contributed by atoms with E-state index in [1.807, 2.05) is 4.90 Å². The summed E-state index contributed by atoms with van der Waals surface area (Å²) >= 11 is 0. The second-order valence-electron chi connectivity index (χ2n) is 7.27. The van der Waals surface area contributed by atoms with E-state index in [9.17, 15) is 9.59 Å². The normalized spacial score (nSPS) is 36.0. The molecule has 2 N–H and O–H groups in total. The van der Waals surface area contributed by atoms with Gasteiger partial charge in [-0.15, -0.1) is 0 Å². The lowest BCUT2D eigenvalue weighted by atomic mass is 9.88. The van der Waals surface area contributed by atoms with E-state index >= 15 is 0 Å². The molecule has 3 aliphatic heterocycles. The van der Waals surface area contributed by atoms with Gasteiger partial charge in [0.25, 0.3) is 0 Å². The van der Waals surface area contributed by atoms with Crippen LogP contribution in [0.3, 0.4) is 0 Å². The van der Waals surface area contributed by atoms with Crippen LogP contribution in [0.4, 0.5) is 0 Å². The van der Waals surface area contributed by atoms with Crippen LogP contribution in [0, 0.1) is 11.8 Å². The van der Waals surface area contributed by atoms with E-state index in [2.05, 4.69) is 10.6 Å². The van der Waals surface area contributed by atoms with Crippen molar-refractivity contribution in [3.05, 3.63) is 0 Å². The van der Waals surface area contributed by atoms with Crippen LogP contribution in [0.25, 0.3) is 0 Å². The maximum atomic E-state index is 12.4. The van der Waals surface area contributed by atoms with Crippen LogP contribution in [0.1, 0.15) is 44.9 Å². The maximum Gasteiger partial charge on any atom is 0.225 e. The Bertz CT molecular complexity index is 441. The molecule has 1 saturated carbocycles. The molecular weight excluding hydrogens is 266 g/mol. The first kappa shape index (κ1) is 13.6. The summed E-state index contributed by atoms with van der Waals surface area (Å²) in [4.78, 5) is 26.4. The predicted octanol–water partition coefficient (Wildman–Crippen LogP) is 0.644. The van der Waals surface area contributed by atoms with Crippen LogP contribution >= 0.6 is 0 Å². The molecule has 3 saturated heterocycles. The molecule has 3 atom stereocenters. The fourth-order valence-electron chi connectivity index (χ4n) is 4.25. The molecule has 0 radical (unpaired) electrons. The molecule has 116 valence electrons.